The number of Topliss-reactive ketones (excluding diaryl/α,β-unsaturated/α-hetero) is 1. The summed E-state index contributed by atoms with van der Waals surface area (Å²) < 4.78 is 15.3. The van der Waals surface area contributed by atoms with E-state index in [1.807, 2.05) is 48.0 Å². The molecule has 0 bridgehead atoms. The monoisotopic (exact) mass is 445 g/mol. The Labute approximate surface area is 190 Å². The Morgan fingerprint density at radius 3 is 2.21 bits per heavy atom. The lowest BCUT2D eigenvalue weighted by Crippen LogP contribution is -2.26. The minimum Gasteiger partial charge on any atom is -0.481 e. The third-order valence-corrected chi connectivity index (χ3v) is 5.71. The highest BCUT2D eigenvalue weighted by atomic mass is 19.1. The third-order valence-electron chi connectivity index (χ3n) is 5.71. The number of hydrogen-bond donors (Lipinski definition) is 2. The first-order chi connectivity index (χ1) is 15.6. The molecule has 4 aromatic rings. The molecule has 3 aromatic carbocycles. The van der Waals surface area contributed by atoms with Crippen molar-refractivity contribution >= 4 is 34.4 Å². The second-order valence-corrected chi connectivity index (χ2v) is 8.70. The van der Waals surface area contributed by atoms with Gasteiger partial charge in [0.15, 0.2) is 5.78 Å². The van der Waals surface area contributed by atoms with Crippen LogP contribution in [0.1, 0.15) is 30.6 Å². The summed E-state index contributed by atoms with van der Waals surface area (Å²) >= 11 is 0. The van der Waals surface area contributed by atoms with Gasteiger partial charge in [-0.2, -0.15) is 0 Å². The quantitative estimate of drug-likeness (QED) is 0.351. The number of imidazole rings is 1. The van der Waals surface area contributed by atoms with Gasteiger partial charge in [-0.25, -0.2) is 9.37 Å². The number of carbonyl (C=O) groups excluding carboxylic acids is 1. The number of carboxylic acids is 1. The van der Waals surface area contributed by atoms with E-state index in [0.29, 0.717) is 17.0 Å². The van der Waals surface area contributed by atoms with Gasteiger partial charge in [-0.15, -0.1) is 0 Å². The molecule has 0 unspecified atom stereocenters. The molecule has 0 aliphatic heterocycles. The van der Waals surface area contributed by atoms with E-state index in [-0.39, 0.29) is 18.0 Å². The number of fused-ring (bicyclic) bond motifs is 1. The highest BCUT2D eigenvalue weighted by molar-refractivity contribution is 5.99. The lowest BCUT2D eigenvalue weighted by atomic mass is 9.85. The van der Waals surface area contributed by atoms with Gasteiger partial charge in [-0.05, 0) is 49.2 Å². The van der Waals surface area contributed by atoms with Gasteiger partial charge in [0, 0.05) is 30.8 Å². The average Bonchev–Trinajstić information content (AvgIpc) is 3.08. The Morgan fingerprint density at radius 1 is 1.00 bits per heavy atom. The lowest BCUT2D eigenvalue weighted by Gasteiger charge is -2.17. The highest BCUT2D eigenvalue weighted by Crippen LogP contribution is 2.27. The number of aromatic nitrogens is 2. The van der Waals surface area contributed by atoms with Crippen LogP contribution < -0.4 is 5.32 Å². The van der Waals surface area contributed by atoms with E-state index in [2.05, 4.69) is 10.3 Å². The third kappa shape index (κ3) is 4.62. The number of aryl methyl sites for hydroxylation is 1. The predicted molar refractivity (Wildman–Crippen MR) is 126 cm³/mol. The molecule has 1 aromatic heterocycles. The van der Waals surface area contributed by atoms with Gasteiger partial charge in [0.1, 0.15) is 5.82 Å². The molecule has 0 amide bonds. The van der Waals surface area contributed by atoms with Gasteiger partial charge in [-0.3, -0.25) is 9.59 Å². The van der Waals surface area contributed by atoms with Crippen LogP contribution >= 0.6 is 0 Å². The number of rotatable bonds is 7. The number of aliphatic carboxylic acids is 1. The molecule has 0 radical (unpaired) electrons. The Balaban J connectivity index is 1.48. The highest BCUT2D eigenvalue weighted by Gasteiger charge is 2.30. The van der Waals surface area contributed by atoms with Crippen LogP contribution in [0.4, 0.5) is 16.0 Å². The molecule has 0 atom stereocenters. The summed E-state index contributed by atoms with van der Waals surface area (Å²) in [7, 11) is 1.87. The van der Waals surface area contributed by atoms with E-state index in [0.717, 1.165) is 22.3 Å². The number of benzene rings is 3. The molecule has 7 heteroatoms. The molecule has 6 nitrogen and oxygen atoms in total. The second-order valence-electron chi connectivity index (χ2n) is 8.70. The summed E-state index contributed by atoms with van der Waals surface area (Å²) in [5, 5.41) is 12.5. The second kappa shape index (κ2) is 8.50. The Morgan fingerprint density at radius 2 is 1.61 bits per heavy atom. The van der Waals surface area contributed by atoms with Gasteiger partial charge < -0.3 is 15.0 Å². The molecular weight excluding hydrogens is 421 g/mol. The first kappa shape index (κ1) is 22.2. The van der Waals surface area contributed by atoms with E-state index in [1.165, 1.54) is 12.1 Å². The molecule has 33 heavy (non-hydrogen) atoms. The normalized spacial score (nSPS) is 11.5. The number of halogens is 1. The first-order valence-corrected chi connectivity index (χ1v) is 10.5. The number of nitrogens with zero attached hydrogens (tertiary/aromatic N) is 2. The van der Waals surface area contributed by atoms with Crippen molar-refractivity contribution in [3.63, 3.8) is 0 Å². The van der Waals surface area contributed by atoms with Gasteiger partial charge in [-0.1, -0.05) is 36.4 Å². The predicted octanol–water partition coefficient (Wildman–Crippen LogP) is 5.81. The summed E-state index contributed by atoms with van der Waals surface area (Å²) in [6.07, 6.45) is -0.0586. The average molecular weight is 445 g/mol. The smallest absolute Gasteiger partial charge is 0.309 e. The van der Waals surface area contributed by atoms with Crippen molar-refractivity contribution in [2.45, 2.75) is 20.3 Å². The molecular formula is C26H24FN3O3. The summed E-state index contributed by atoms with van der Waals surface area (Å²) in [5.41, 5.74) is 3.54. The van der Waals surface area contributed by atoms with Crippen LogP contribution in [0.15, 0.2) is 66.7 Å². The molecule has 2 N–H and O–H groups in total. The zero-order chi connectivity index (χ0) is 23.8. The van der Waals surface area contributed by atoms with Crippen molar-refractivity contribution in [1.29, 1.82) is 0 Å². The molecule has 0 aliphatic carbocycles. The van der Waals surface area contributed by atoms with E-state index in [9.17, 15) is 19.1 Å². The fraction of sp³-hybridized carbons (Fsp3) is 0.192. The fourth-order valence-electron chi connectivity index (χ4n) is 3.59. The molecule has 0 saturated heterocycles. The molecule has 4 rings (SSSR count). The Hall–Kier alpha value is -4.00. The molecule has 0 fully saturated rings. The Bertz CT molecular complexity index is 1340. The number of anilines is 2. The van der Waals surface area contributed by atoms with Crippen LogP contribution in [0.3, 0.4) is 0 Å². The van der Waals surface area contributed by atoms with E-state index < -0.39 is 11.4 Å². The Kier molecular flexibility index (Phi) is 5.72. The van der Waals surface area contributed by atoms with Gasteiger partial charge in [0.25, 0.3) is 0 Å². The summed E-state index contributed by atoms with van der Waals surface area (Å²) in [4.78, 5) is 28.2. The van der Waals surface area contributed by atoms with Crippen LogP contribution in [-0.4, -0.2) is 26.4 Å². The van der Waals surface area contributed by atoms with Crippen molar-refractivity contribution in [2.75, 3.05) is 5.32 Å². The summed E-state index contributed by atoms with van der Waals surface area (Å²) in [6.45, 7) is 3.09. The van der Waals surface area contributed by atoms with Crippen LogP contribution in [0, 0.1) is 11.2 Å². The van der Waals surface area contributed by atoms with Crippen molar-refractivity contribution < 1.29 is 19.1 Å². The van der Waals surface area contributed by atoms with Crippen molar-refractivity contribution in [3.8, 4) is 11.1 Å². The summed E-state index contributed by atoms with van der Waals surface area (Å²) in [6, 6.07) is 19.4. The molecule has 0 aliphatic rings. The maximum Gasteiger partial charge on any atom is 0.309 e. The van der Waals surface area contributed by atoms with E-state index in [1.54, 1.807) is 32.0 Å². The van der Waals surface area contributed by atoms with Gasteiger partial charge in [0.2, 0.25) is 5.95 Å². The topological polar surface area (TPSA) is 84.2 Å². The van der Waals surface area contributed by atoms with E-state index >= 15 is 0 Å². The van der Waals surface area contributed by atoms with E-state index in [4.69, 9.17) is 0 Å². The number of nitrogens with one attached hydrogen (secondary N) is 1. The lowest BCUT2D eigenvalue weighted by molar-refractivity contribution is -0.146. The maximum atomic E-state index is 13.5. The zero-order valence-electron chi connectivity index (χ0n) is 18.6. The van der Waals surface area contributed by atoms with Crippen LogP contribution in [-0.2, 0) is 11.8 Å². The summed E-state index contributed by atoms with van der Waals surface area (Å²) in [5.74, 6) is -0.909. The number of carbonyl (C=O) groups is 2. The largest absolute Gasteiger partial charge is 0.481 e. The van der Waals surface area contributed by atoms with Crippen LogP contribution in [0.25, 0.3) is 22.2 Å². The molecule has 0 spiro atoms. The van der Waals surface area contributed by atoms with Gasteiger partial charge >= 0.3 is 5.97 Å². The SMILES string of the molecule is Cn1c(Nc2ccc(-c3ccc(C(=O)CC(C)(C)C(=O)O)cc3)cc2)nc2cc(F)ccc21. The van der Waals surface area contributed by atoms with Crippen molar-refractivity contribution in [2.24, 2.45) is 12.5 Å². The minimum atomic E-state index is -1.11. The molecule has 0 saturated carbocycles. The number of ketones is 1. The van der Waals surface area contributed by atoms with Crippen LogP contribution in [0.5, 0.6) is 0 Å². The van der Waals surface area contributed by atoms with Gasteiger partial charge in [0.05, 0.1) is 16.4 Å². The number of hydrogen-bond acceptors (Lipinski definition) is 4. The zero-order valence-corrected chi connectivity index (χ0v) is 18.6. The molecule has 168 valence electrons. The first-order valence-electron chi connectivity index (χ1n) is 10.5. The van der Waals surface area contributed by atoms with Crippen molar-refractivity contribution in [1.82, 2.24) is 9.55 Å². The number of carboxylic acid groups (broad SMARTS) is 1. The fourth-order valence-corrected chi connectivity index (χ4v) is 3.59. The standard InChI is InChI=1S/C26H24FN3O3/c1-26(2,24(32)33)15-23(31)18-6-4-16(5-7-18)17-8-11-20(12-9-17)28-25-29-21-14-19(27)10-13-22(21)30(25)3/h4-14H,15H2,1-3H3,(H,28,29)(H,32,33). The minimum absolute atomic E-state index is 0.0586. The maximum absolute atomic E-state index is 13.5. The van der Waals surface area contributed by atoms with Crippen molar-refractivity contribution in [3.05, 3.63) is 78.1 Å². The molecule has 1 heterocycles. The van der Waals surface area contributed by atoms with Crippen LogP contribution in [0.2, 0.25) is 0 Å².